The molecule has 6 heteroatoms. The van der Waals surface area contributed by atoms with E-state index in [4.69, 9.17) is 9.84 Å². The minimum atomic E-state index is -1.10. The number of hydrogen-bond donors (Lipinski definition) is 1. The number of ether oxygens (including phenoxy) is 1. The molecule has 0 bridgehead atoms. The van der Waals surface area contributed by atoms with Crippen LogP contribution in [0.15, 0.2) is 45.3 Å². The van der Waals surface area contributed by atoms with Gasteiger partial charge in [-0.2, -0.15) is 0 Å². The van der Waals surface area contributed by atoms with Gasteiger partial charge in [-0.1, -0.05) is 15.9 Å². The monoisotopic (exact) mass is 388 g/mol. The molecule has 0 spiro atoms. The molecule has 0 aliphatic heterocycles. The number of benzene rings is 2. The van der Waals surface area contributed by atoms with Crippen LogP contribution in [0.5, 0.6) is 11.5 Å². The first-order valence-electron chi connectivity index (χ1n) is 5.13. The highest BCUT2D eigenvalue weighted by molar-refractivity contribution is 9.10. The lowest BCUT2D eigenvalue weighted by atomic mass is 10.2. The molecule has 0 unspecified atom stereocenters. The fourth-order valence-electron chi connectivity index (χ4n) is 1.43. The van der Waals surface area contributed by atoms with Crippen LogP contribution in [0.4, 0.5) is 4.39 Å². The summed E-state index contributed by atoms with van der Waals surface area (Å²) in [7, 11) is 0. The summed E-state index contributed by atoms with van der Waals surface area (Å²) in [4.78, 5) is 11.1. The maximum absolute atomic E-state index is 13.0. The Balaban J connectivity index is 2.40. The van der Waals surface area contributed by atoms with Crippen molar-refractivity contribution in [3.63, 3.8) is 0 Å². The van der Waals surface area contributed by atoms with Gasteiger partial charge in [0.15, 0.2) is 0 Å². The Labute approximate surface area is 125 Å². The highest BCUT2D eigenvalue weighted by Gasteiger charge is 2.14. The molecule has 0 saturated heterocycles. The van der Waals surface area contributed by atoms with E-state index in [0.717, 1.165) is 0 Å². The van der Waals surface area contributed by atoms with E-state index in [0.29, 0.717) is 14.7 Å². The number of aromatic carboxylic acids is 1. The van der Waals surface area contributed by atoms with E-state index in [1.807, 2.05) is 0 Å². The van der Waals surface area contributed by atoms with Gasteiger partial charge in [0.05, 0.1) is 4.47 Å². The summed E-state index contributed by atoms with van der Waals surface area (Å²) in [6.45, 7) is 0. The molecule has 3 nitrogen and oxygen atoms in total. The number of carbonyl (C=O) groups is 1. The van der Waals surface area contributed by atoms with Gasteiger partial charge in [0.25, 0.3) is 0 Å². The summed E-state index contributed by atoms with van der Waals surface area (Å²) in [5.74, 6) is -0.989. The van der Waals surface area contributed by atoms with Gasteiger partial charge in [-0.15, -0.1) is 0 Å². The van der Waals surface area contributed by atoms with Gasteiger partial charge in [-0.3, -0.25) is 0 Å². The largest absolute Gasteiger partial charge is 0.478 e. The Kier molecular flexibility index (Phi) is 4.21. The van der Waals surface area contributed by atoms with Crippen LogP contribution in [-0.2, 0) is 0 Å². The molecule has 0 saturated carbocycles. The van der Waals surface area contributed by atoms with Crippen LogP contribution in [0.25, 0.3) is 0 Å². The Hall–Kier alpha value is -1.40. The molecule has 2 aromatic carbocycles. The lowest BCUT2D eigenvalue weighted by Crippen LogP contribution is -2.00. The predicted octanol–water partition coefficient (Wildman–Crippen LogP) is 4.84. The van der Waals surface area contributed by atoms with Crippen molar-refractivity contribution in [3.8, 4) is 11.5 Å². The third kappa shape index (κ3) is 3.33. The predicted molar refractivity (Wildman–Crippen MR) is 75.3 cm³/mol. The molecule has 0 radical (unpaired) electrons. The van der Waals surface area contributed by atoms with Gasteiger partial charge in [0.1, 0.15) is 22.9 Å². The van der Waals surface area contributed by atoms with E-state index in [2.05, 4.69) is 31.9 Å². The minimum Gasteiger partial charge on any atom is -0.478 e. The van der Waals surface area contributed by atoms with Crippen molar-refractivity contribution in [2.45, 2.75) is 0 Å². The summed E-state index contributed by atoms with van der Waals surface area (Å²) in [5, 5.41) is 9.11. The lowest BCUT2D eigenvalue weighted by Gasteiger charge is -2.10. The molecule has 0 fully saturated rings. The Morgan fingerprint density at radius 3 is 2.42 bits per heavy atom. The zero-order chi connectivity index (χ0) is 14.0. The summed E-state index contributed by atoms with van der Waals surface area (Å²) in [6, 6.07) is 8.54. The highest BCUT2D eigenvalue weighted by Crippen LogP contribution is 2.33. The summed E-state index contributed by atoms with van der Waals surface area (Å²) in [6.07, 6.45) is 0. The number of hydrogen-bond acceptors (Lipinski definition) is 2. The topological polar surface area (TPSA) is 46.5 Å². The number of carboxylic acids is 1. The molecule has 2 rings (SSSR count). The normalized spacial score (nSPS) is 10.3. The summed E-state index contributed by atoms with van der Waals surface area (Å²) >= 11 is 6.36. The molecule has 0 atom stereocenters. The highest BCUT2D eigenvalue weighted by atomic mass is 79.9. The fourth-order valence-corrected chi connectivity index (χ4v) is 2.23. The van der Waals surface area contributed by atoms with Crippen LogP contribution >= 0.6 is 31.9 Å². The van der Waals surface area contributed by atoms with Crippen molar-refractivity contribution in [1.82, 2.24) is 0 Å². The van der Waals surface area contributed by atoms with Crippen molar-refractivity contribution in [2.24, 2.45) is 0 Å². The first-order chi connectivity index (χ1) is 8.97. The van der Waals surface area contributed by atoms with Crippen LogP contribution < -0.4 is 4.74 Å². The van der Waals surface area contributed by atoms with Crippen molar-refractivity contribution in [1.29, 1.82) is 0 Å². The first-order valence-corrected chi connectivity index (χ1v) is 6.71. The van der Waals surface area contributed by atoms with Crippen LogP contribution in [0.3, 0.4) is 0 Å². The first kappa shape index (κ1) is 14.0. The van der Waals surface area contributed by atoms with Gasteiger partial charge in [0, 0.05) is 4.47 Å². The molecule has 98 valence electrons. The molecular formula is C13H7Br2FO3. The second-order valence-corrected chi connectivity index (χ2v) is 5.39. The third-order valence-corrected chi connectivity index (χ3v) is 3.40. The average Bonchev–Trinajstić information content (AvgIpc) is 2.34. The van der Waals surface area contributed by atoms with Crippen LogP contribution in [-0.4, -0.2) is 11.1 Å². The second-order valence-electron chi connectivity index (χ2n) is 3.62. The molecule has 0 aromatic heterocycles. The molecule has 0 aliphatic rings. The van der Waals surface area contributed by atoms with Crippen LogP contribution in [0.1, 0.15) is 10.4 Å². The van der Waals surface area contributed by atoms with Crippen molar-refractivity contribution >= 4 is 37.8 Å². The van der Waals surface area contributed by atoms with E-state index in [-0.39, 0.29) is 11.3 Å². The quantitative estimate of drug-likeness (QED) is 0.816. The molecule has 1 N–H and O–H groups in total. The molecule has 0 aliphatic carbocycles. The average molecular weight is 390 g/mol. The zero-order valence-electron chi connectivity index (χ0n) is 9.36. The number of carboxylic acid groups (broad SMARTS) is 1. The van der Waals surface area contributed by atoms with Gasteiger partial charge < -0.3 is 9.84 Å². The smallest absolute Gasteiger partial charge is 0.339 e. The number of rotatable bonds is 3. The van der Waals surface area contributed by atoms with Crippen LogP contribution in [0, 0.1) is 5.82 Å². The van der Waals surface area contributed by atoms with E-state index < -0.39 is 11.8 Å². The summed E-state index contributed by atoms with van der Waals surface area (Å²) in [5.41, 5.74) is 0.0191. The summed E-state index contributed by atoms with van der Waals surface area (Å²) < 4.78 is 19.5. The minimum absolute atomic E-state index is 0.0191. The number of halogens is 3. The van der Waals surface area contributed by atoms with Crippen molar-refractivity contribution in [3.05, 3.63) is 56.7 Å². The standard InChI is InChI=1S/C13H7Br2FO3/c14-7-1-3-11(9(5-7)13(17)18)19-12-4-2-8(16)6-10(12)15/h1-6H,(H,17,18). The molecular weight excluding hydrogens is 383 g/mol. The fraction of sp³-hybridized carbons (Fsp3) is 0. The van der Waals surface area contributed by atoms with E-state index in [1.54, 1.807) is 6.07 Å². The molecule has 0 heterocycles. The Morgan fingerprint density at radius 2 is 1.79 bits per heavy atom. The van der Waals surface area contributed by atoms with E-state index >= 15 is 0 Å². The van der Waals surface area contributed by atoms with Gasteiger partial charge in [0.2, 0.25) is 0 Å². The SMILES string of the molecule is O=C(O)c1cc(Br)ccc1Oc1ccc(F)cc1Br. The molecule has 0 amide bonds. The lowest BCUT2D eigenvalue weighted by molar-refractivity contribution is 0.0694. The van der Waals surface area contributed by atoms with Gasteiger partial charge >= 0.3 is 5.97 Å². The zero-order valence-corrected chi connectivity index (χ0v) is 12.5. The van der Waals surface area contributed by atoms with Crippen LogP contribution in [0.2, 0.25) is 0 Å². The van der Waals surface area contributed by atoms with Crippen molar-refractivity contribution in [2.75, 3.05) is 0 Å². The van der Waals surface area contributed by atoms with E-state index in [9.17, 15) is 9.18 Å². The maximum Gasteiger partial charge on any atom is 0.339 e. The Morgan fingerprint density at radius 1 is 1.11 bits per heavy atom. The second kappa shape index (κ2) is 5.71. The maximum atomic E-state index is 13.0. The third-order valence-electron chi connectivity index (χ3n) is 2.29. The molecule has 2 aromatic rings. The van der Waals surface area contributed by atoms with E-state index in [1.165, 1.54) is 30.3 Å². The van der Waals surface area contributed by atoms with Gasteiger partial charge in [-0.05, 0) is 52.3 Å². The molecule has 19 heavy (non-hydrogen) atoms. The van der Waals surface area contributed by atoms with Crippen molar-refractivity contribution < 1.29 is 19.0 Å². The van der Waals surface area contributed by atoms with Gasteiger partial charge in [-0.25, -0.2) is 9.18 Å². The Bertz CT molecular complexity index is 644.